The first-order valence-electron chi connectivity index (χ1n) is 7.60. The van der Waals surface area contributed by atoms with Crippen molar-refractivity contribution in [1.29, 1.82) is 0 Å². The van der Waals surface area contributed by atoms with E-state index >= 15 is 0 Å². The van der Waals surface area contributed by atoms with Gasteiger partial charge in [-0.25, -0.2) is 0 Å². The second kappa shape index (κ2) is 7.06. The normalized spacial score (nSPS) is 24.2. The predicted octanol–water partition coefficient (Wildman–Crippen LogP) is 3.58. The zero-order valence-electron chi connectivity index (χ0n) is 12.4. The molecule has 106 valence electrons. The van der Waals surface area contributed by atoms with Crippen LogP contribution in [-0.4, -0.2) is 25.3 Å². The molecule has 0 spiro atoms. The second-order valence-corrected chi connectivity index (χ2v) is 5.92. The lowest BCUT2D eigenvalue weighted by atomic mass is 9.85. The highest BCUT2D eigenvalue weighted by Gasteiger charge is 2.29. The summed E-state index contributed by atoms with van der Waals surface area (Å²) in [6.45, 7) is 8.61. The molecule has 1 aromatic rings. The van der Waals surface area contributed by atoms with Crippen molar-refractivity contribution in [1.82, 2.24) is 5.32 Å². The predicted molar refractivity (Wildman–Crippen MR) is 80.5 cm³/mol. The van der Waals surface area contributed by atoms with Gasteiger partial charge in [-0.15, -0.1) is 0 Å². The van der Waals surface area contributed by atoms with Gasteiger partial charge in [-0.1, -0.05) is 44.2 Å². The Morgan fingerprint density at radius 2 is 1.89 bits per heavy atom. The lowest BCUT2D eigenvalue weighted by molar-refractivity contribution is -0.0102. The molecule has 0 saturated heterocycles. The van der Waals surface area contributed by atoms with Crippen LogP contribution in [0.3, 0.4) is 0 Å². The van der Waals surface area contributed by atoms with Gasteiger partial charge in [0.25, 0.3) is 0 Å². The molecule has 0 aliphatic heterocycles. The molecule has 1 N–H and O–H groups in total. The van der Waals surface area contributed by atoms with E-state index in [0.29, 0.717) is 24.0 Å². The fourth-order valence-electron chi connectivity index (χ4n) is 2.84. The monoisotopic (exact) mass is 261 g/mol. The summed E-state index contributed by atoms with van der Waals surface area (Å²) in [5.41, 5.74) is 1.45. The van der Waals surface area contributed by atoms with Gasteiger partial charge in [0.05, 0.1) is 6.10 Å². The molecule has 1 aliphatic rings. The summed E-state index contributed by atoms with van der Waals surface area (Å²) in [5, 5.41) is 3.71. The Kier molecular flexibility index (Phi) is 5.41. The van der Waals surface area contributed by atoms with Crippen molar-refractivity contribution in [3.05, 3.63) is 35.9 Å². The SMILES string of the molecule is CCOC1CC(NCC(c2ccccc2)C(C)C)C1. The summed E-state index contributed by atoms with van der Waals surface area (Å²) in [6.07, 6.45) is 2.85. The molecule has 1 saturated carbocycles. The van der Waals surface area contributed by atoms with Crippen molar-refractivity contribution in [2.75, 3.05) is 13.2 Å². The maximum atomic E-state index is 5.61. The van der Waals surface area contributed by atoms with Gasteiger partial charge < -0.3 is 10.1 Å². The standard InChI is InChI=1S/C17H27NO/c1-4-19-16-10-15(11-16)18-12-17(13(2)3)14-8-6-5-7-9-14/h5-9,13,15-18H,4,10-12H2,1-3H3. The van der Waals surface area contributed by atoms with E-state index in [0.717, 1.165) is 13.2 Å². The van der Waals surface area contributed by atoms with Crippen molar-refractivity contribution < 1.29 is 4.74 Å². The van der Waals surface area contributed by atoms with Crippen LogP contribution in [0.15, 0.2) is 30.3 Å². The van der Waals surface area contributed by atoms with Crippen molar-refractivity contribution in [2.45, 2.75) is 51.7 Å². The number of hydrogen-bond donors (Lipinski definition) is 1. The molecule has 1 aromatic carbocycles. The van der Waals surface area contributed by atoms with Crippen molar-refractivity contribution in [3.63, 3.8) is 0 Å². The highest BCUT2D eigenvalue weighted by molar-refractivity contribution is 5.20. The smallest absolute Gasteiger partial charge is 0.0604 e. The molecule has 2 rings (SSSR count). The fourth-order valence-corrected chi connectivity index (χ4v) is 2.84. The number of benzene rings is 1. The average molecular weight is 261 g/mol. The van der Waals surface area contributed by atoms with Gasteiger partial charge in [-0.2, -0.15) is 0 Å². The van der Waals surface area contributed by atoms with Crippen LogP contribution in [0.5, 0.6) is 0 Å². The Morgan fingerprint density at radius 3 is 2.47 bits per heavy atom. The van der Waals surface area contributed by atoms with Crippen LogP contribution in [0.1, 0.15) is 45.1 Å². The van der Waals surface area contributed by atoms with E-state index in [1.807, 2.05) is 0 Å². The van der Waals surface area contributed by atoms with Crippen LogP contribution in [-0.2, 0) is 4.74 Å². The summed E-state index contributed by atoms with van der Waals surface area (Å²) >= 11 is 0. The maximum absolute atomic E-state index is 5.61. The molecule has 1 fully saturated rings. The number of hydrogen-bond acceptors (Lipinski definition) is 2. The van der Waals surface area contributed by atoms with Crippen molar-refractivity contribution in [2.24, 2.45) is 5.92 Å². The highest BCUT2D eigenvalue weighted by atomic mass is 16.5. The first-order valence-corrected chi connectivity index (χ1v) is 7.60. The molecule has 0 heterocycles. The van der Waals surface area contributed by atoms with Gasteiger partial charge >= 0.3 is 0 Å². The summed E-state index contributed by atoms with van der Waals surface area (Å²) < 4.78 is 5.61. The molecular weight excluding hydrogens is 234 g/mol. The topological polar surface area (TPSA) is 21.3 Å². The molecule has 0 radical (unpaired) electrons. The number of nitrogens with one attached hydrogen (secondary N) is 1. The van der Waals surface area contributed by atoms with Crippen LogP contribution in [0.4, 0.5) is 0 Å². The van der Waals surface area contributed by atoms with Crippen LogP contribution in [0.25, 0.3) is 0 Å². The van der Waals surface area contributed by atoms with Gasteiger partial charge in [0.15, 0.2) is 0 Å². The number of rotatable bonds is 7. The molecule has 0 amide bonds. The van der Waals surface area contributed by atoms with E-state index in [4.69, 9.17) is 4.74 Å². The molecular formula is C17H27NO. The van der Waals surface area contributed by atoms with Crippen LogP contribution in [0.2, 0.25) is 0 Å². The molecule has 2 heteroatoms. The summed E-state index contributed by atoms with van der Waals surface area (Å²) in [4.78, 5) is 0. The van der Waals surface area contributed by atoms with Crippen molar-refractivity contribution in [3.8, 4) is 0 Å². The van der Waals surface area contributed by atoms with Crippen LogP contribution in [0, 0.1) is 5.92 Å². The van der Waals surface area contributed by atoms with E-state index in [9.17, 15) is 0 Å². The summed E-state index contributed by atoms with van der Waals surface area (Å²) in [6, 6.07) is 11.5. The van der Waals surface area contributed by atoms with E-state index in [1.54, 1.807) is 0 Å². The Hall–Kier alpha value is -0.860. The molecule has 2 nitrogen and oxygen atoms in total. The summed E-state index contributed by atoms with van der Waals surface area (Å²) in [7, 11) is 0. The summed E-state index contributed by atoms with van der Waals surface area (Å²) in [5.74, 6) is 1.27. The molecule has 1 atom stereocenters. The second-order valence-electron chi connectivity index (χ2n) is 5.92. The molecule has 19 heavy (non-hydrogen) atoms. The third-order valence-corrected chi connectivity index (χ3v) is 4.16. The lowest BCUT2D eigenvalue weighted by Gasteiger charge is -2.37. The zero-order chi connectivity index (χ0) is 13.7. The van der Waals surface area contributed by atoms with Crippen LogP contribution < -0.4 is 5.32 Å². The van der Waals surface area contributed by atoms with Gasteiger partial charge in [-0.05, 0) is 37.2 Å². The first kappa shape index (κ1) is 14.5. The molecule has 1 unspecified atom stereocenters. The Bertz CT molecular complexity index is 357. The Balaban J connectivity index is 1.80. The van der Waals surface area contributed by atoms with Crippen LogP contribution >= 0.6 is 0 Å². The van der Waals surface area contributed by atoms with E-state index < -0.39 is 0 Å². The van der Waals surface area contributed by atoms with Gasteiger partial charge in [0.1, 0.15) is 0 Å². The minimum Gasteiger partial charge on any atom is -0.378 e. The zero-order valence-corrected chi connectivity index (χ0v) is 12.4. The molecule has 0 bridgehead atoms. The third-order valence-electron chi connectivity index (χ3n) is 4.16. The molecule has 1 aliphatic carbocycles. The minimum absolute atomic E-state index is 0.497. The third kappa shape index (κ3) is 4.05. The van der Waals surface area contributed by atoms with Crippen molar-refractivity contribution >= 4 is 0 Å². The van der Waals surface area contributed by atoms with E-state index in [2.05, 4.69) is 56.4 Å². The van der Waals surface area contributed by atoms with E-state index in [1.165, 1.54) is 18.4 Å². The number of ether oxygens (including phenoxy) is 1. The Labute approximate surface area is 117 Å². The largest absolute Gasteiger partial charge is 0.378 e. The quantitative estimate of drug-likeness (QED) is 0.810. The van der Waals surface area contributed by atoms with Gasteiger partial charge in [-0.3, -0.25) is 0 Å². The Morgan fingerprint density at radius 1 is 1.21 bits per heavy atom. The first-order chi connectivity index (χ1) is 9.20. The average Bonchev–Trinajstić information content (AvgIpc) is 2.36. The van der Waals surface area contributed by atoms with E-state index in [-0.39, 0.29) is 0 Å². The minimum atomic E-state index is 0.497. The highest BCUT2D eigenvalue weighted by Crippen LogP contribution is 2.27. The van der Waals surface area contributed by atoms with Gasteiger partial charge in [0.2, 0.25) is 0 Å². The maximum Gasteiger partial charge on any atom is 0.0604 e. The van der Waals surface area contributed by atoms with Gasteiger partial charge in [0, 0.05) is 19.2 Å². The fraction of sp³-hybridized carbons (Fsp3) is 0.647. The lowest BCUT2D eigenvalue weighted by Crippen LogP contribution is -2.47. The molecule has 0 aromatic heterocycles.